The molecule has 0 bridgehead atoms. The van der Waals surface area contributed by atoms with Gasteiger partial charge in [-0.1, -0.05) is 40.9 Å². The molecule has 0 unspecified atom stereocenters. The zero-order valence-electron chi connectivity index (χ0n) is 13.5. The zero-order valence-corrected chi connectivity index (χ0v) is 15.0. The van der Waals surface area contributed by atoms with Crippen molar-refractivity contribution in [3.8, 4) is 0 Å². The van der Waals surface area contributed by atoms with Gasteiger partial charge in [0.2, 0.25) is 5.91 Å². The second-order valence-corrected chi connectivity index (χ2v) is 6.30. The van der Waals surface area contributed by atoms with E-state index in [2.05, 4.69) is 5.32 Å². The first-order valence-electron chi connectivity index (χ1n) is 7.46. The molecule has 1 N–H and O–H groups in total. The van der Waals surface area contributed by atoms with Crippen molar-refractivity contribution in [2.45, 2.75) is 13.8 Å². The van der Waals surface area contributed by atoms with Gasteiger partial charge in [0.25, 0.3) is 5.91 Å². The van der Waals surface area contributed by atoms with Crippen LogP contribution < -0.4 is 10.2 Å². The van der Waals surface area contributed by atoms with Crippen molar-refractivity contribution >= 4 is 40.7 Å². The number of anilines is 1. The average molecular weight is 365 g/mol. The molecule has 0 aliphatic heterocycles. The fourth-order valence-corrected chi connectivity index (χ4v) is 2.85. The molecular formula is C18H18Cl2N2O2. The third kappa shape index (κ3) is 4.98. The minimum Gasteiger partial charge on any atom is -0.350 e. The van der Waals surface area contributed by atoms with E-state index in [1.165, 1.54) is 11.8 Å². The molecule has 0 heterocycles. The molecular weight excluding hydrogens is 347 g/mol. The lowest BCUT2D eigenvalue weighted by molar-refractivity contribution is -0.116. The molecule has 2 rings (SSSR count). The summed E-state index contributed by atoms with van der Waals surface area (Å²) in [4.78, 5) is 25.5. The van der Waals surface area contributed by atoms with Gasteiger partial charge >= 0.3 is 0 Å². The van der Waals surface area contributed by atoms with Crippen molar-refractivity contribution in [1.82, 2.24) is 5.32 Å². The Hall–Kier alpha value is -2.04. The van der Waals surface area contributed by atoms with Gasteiger partial charge in [-0.3, -0.25) is 9.59 Å². The Labute approximate surface area is 151 Å². The maximum atomic E-state index is 12.1. The number of rotatable bonds is 5. The van der Waals surface area contributed by atoms with Crippen LogP contribution in [-0.4, -0.2) is 24.9 Å². The van der Waals surface area contributed by atoms with Crippen LogP contribution in [0.2, 0.25) is 10.0 Å². The lowest BCUT2D eigenvalue weighted by atomic mass is 10.1. The summed E-state index contributed by atoms with van der Waals surface area (Å²) in [7, 11) is 0. The summed E-state index contributed by atoms with van der Waals surface area (Å²) < 4.78 is 0. The Balaban J connectivity index is 2.02. The van der Waals surface area contributed by atoms with Crippen LogP contribution in [0, 0.1) is 6.92 Å². The molecule has 0 spiro atoms. The number of benzene rings is 2. The number of amides is 2. The third-order valence-corrected chi connectivity index (χ3v) is 3.88. The molecule has 0 atom stereocenters. The van der Waals surface area contributed by atoms with Crippen molar-refractivity contribution in [2.24, 2.45) is 0 Å². The van der Waals surface area contributed by atoms with E-state index < -0.39 is 0 Å². The Morgan fingerprint density at radius 1 is 1.08 bits per heavy atom. The van der Waals surface area contributed by atoms with Gasteiger partial charge in [0, 0.05) is 41.3 Å². The van der Waals surface area contributed by atoms with Crippen LogP contribution in [0.25, 0.3) is 0 Å². The first-order chi connectivity index (χ1) is 11.4. The molecule has 0 saturated carbocycles. The normalized spacial score (nSPS) is 10.3. The van der Waals surface area contributed by atoms with E-state index in [1.807, 2.05) is 25.1 Å². The van der Waals surface area contributed by atoms with Gasteiger partial charge in [0.15, 0.2) is 0 Å². The van der Waals surface area contributed by atoms with Gasteiger partial charge in [0.1, 0.15) is 0 Å². The summed E-state index contributed by atoms with van der Waals surface area (Å²) in [5.41, 5.74) is 2.21. The van der Waals surface area contributed by atoms with E-state index in [4.69, 9.17) is 23.2 Å². The number of hydrogen-bond donors (Lipinski definition) is 1. The molecule has 2 aromatic rings. The zero-order chi connectivity index (χ0) is 17.7. The lowest BCUT2D eigenvalue weighted by Crippen LogP contribution is -2.37. The van der Waals surface area contributed by atoms with E-state index >= 15 is 0 Å². The maximum Gasteiger partial charge on any atom is 0.251 e. The van der Waals surface area contributed by atoms with Crippen LogP contribution in [0.1, 0.15) is 22.8 Å². The molecule has 6 heteroatoms. The van der Waals surface area contributed by atoms with Crippen molar-refractivity contribution in [2.75, 3.05) is 18.0 Å². The Bertz CT molecular complexity index is 742. The van der Waals surface area contributed by atoms with Crippen LogP contribution in [0.5, 0.6) is 0 Å². The molecule has 126 valence electrons. The number of hydrogen-bond acceptors (Lipinski definition) is 2. The summed E-state index contributed by atoms with van der Waals surface area (Å²) >= 11 is 12.0. The van der Waals surface area contributed by atoms with E-state index in [9.17, 15) is 9.59 Å². The number of carbonyl (C=O) groups is 2. The molecule has 0 aromatic heterocycles. The summed E-state index contributed by atoms with van der Waals surface area (Å²) in [6, 6.07) is 12.3. The van der Waals surface area contributed by atoms with Crippen LogP contribution in [0.15, 0.2) is 42.5 Å². The monoisotopic (exact) mass is 364 g/mol. The number of halogens is 2. The van der Waals surface area contributed by atoms with Crippen LogP contribution in [0.3, 0.4) is 0 Å². The van der Waals surface area contributed by atoms with Crippen molar-refractivity contribution in [3.05, 3.63) is 63.6 Å². The second kappa shape index (κ2) is 8.18. The third-order valence-electron chi connectivity index (χ3n) is 3.44. The molecule has 0 saturated heterocycles. The van der Waals surface area contributed by atoms with Gasteiger partial charge in [-0.15, -0.1) is 0 Å². The highest BCUT2D eigenvalue weighted by atomic mass is 35.5. The smallest absolute Gasteiger partial charge is 0.251 e. The minimum atomic E-state index is -0.175. The fourth-order valence-electron chi connectivity index (χ4n) is 2.33. The number of carbonyl (C=O) groups excluding carboxylic acids is 2. The van der Waals surface area contributed by atoms with Gasteiger partial charge in [-0.25, -0.2) is 0 Å². The molecule has 2 aromatic carbocycles. The van der Waals surface area contributed by atoms with Crippen molar-refractivity contribution in [1.29, 1.82) is 0 Å². The van der Waals surface area contributed by atoms with Crippen molar-refractivity contribution in [3.63, 3.8) is 0 Å². The van der Waals surface area contributed by atoms with Crippen LogP contribution in [-0.2, 0) is 4.79 Å². The highest BCUT2D eigenvalue weighted by Crippen LogP contribution is 2.25. The highest BCUT2D eigenvalue weighted by molar-refractivity contribution is 6.35. The lowest BCUT2D eigenvalue weighted by Gasteiger charge is -2.22. The van der Waals surface area contributed by atoms with Crippen LogP contribution in [0.4, 0.5) is 5.69 Å². The largest absolute Gasteiger partial charge is 0.350 e. The predicted octanol–water partition coefficient (Wildman–Crippen LogP) is 4.08. The van der Waals surface area contributed by atoms with Gasteiger partial charge in [-0.05, 0) is 37.3 Å². The van der Waals surface area contributed by atoms with E-state index in [-0.39, 0.29) is 11.8 Å². The van der Waals surface area contributed by atoms with Gasteiger partial charge in [-0.2, -0.15) is 0 Å². The summed E-state index contributed by atoms with van der Waals surface area (Å²) in [6.45, 7) is 4.02. The predicted molar refractivity (Wildman–Crippen MR) is 98.0 cm³/mol. The Kier molecular flexibility index (Phi) is 6.23. The second-order valence-electron chi connectivity index (χ2n) is 5.42. The van der Waals surface area contributed by atoms with Gasteiger partial charge in [0.05, 0.1) is 0 Å². The summed E-state index contributed by atoms with van der Waals surface area (Å²) in [5.74, 6) is -0.329. The van der Waals surface area contributed by atoms with E-state index in [0.29, 0.717) is 34.4 Å². The quantitative estimate of drug-likeness (QED) is 0.868. The number of nitrogens with zero attached hydrogens (tertiary/aromatic N) is 1. The molecule has 0 radical (unpaired) electrons. The number of aryl methyl sites for hydroxylation is 1. The first kappa shape index (κ1) is 18.3. The molecule has 0 fully saturated rings. The van der Waals surface area contributed by atoms with Crippen LogP contribution >= 0.6 is 23.2 Å². The maximum absolute atomic E-state index is 12.1. The van der Waals surface area contributed by atoms with Crippen molar-refractivity contribution < 1.29 is 9.59 Å². The molecule has 0 aliphatic rings. The van der Waals surface area contributed by atoms with Gasteiger partial charge < -0.3 is 10.2 Å². The molecule has 4 nitrogen and oxygen atoms in total. The highest BCUT2D eigenvalue weighted by Gasteiger charge is 2.13. The van der Waals surface area contributed by atoms with E-state index in [1.54, 1.807) is 24.3 Å². The Morgan fingerprint density at radius 2 is 1.75 bits per heavy atom. The first-order valence-corrected chi connectivity index (χ1v) is 8.21. The number of nitrogens with one attached hydrogen (secondary N) is 1. The van der Waals surface area contributed by atoms with E-state index in [0.717, 1.165) is 5.56 Å². The molecule has 0 aliphatic carbocycles. The molecule has 24 heavy (non-hydrogen) atoms. The average Bonchev–Trinajstić information content (AvgIpc) is 2.49. The standard InChI is InChI=1S/C18H18Cl2N2O2/c1-12-4-3-5-14(8-12)18(24)21-6-7-22(13(2)23)17-10-15(19)9-16(20)11-17/h3-5,8-11H,6-7H2,1-2H3,(H,21,24). The minimum absolute atomic E-state index is 0.155. The fraction of sp³-hybridized carbons (Fsp3) is 0.222. The Morgan fingerprint density at radius 3 is 2.33 bits per heavy atom. The SMILES string of the molecule is CC(=O)N(CCNC(=O)c1cccc(C)c1)c1cc(Cl)cc(Cl)c1. The summed E-state index contributed by atoms with van der Waals surface area (Å²) in [6.07, 6.45) is 0. The summed E-state index contributed by atoms with van der Waals surface area (Å²) in [5, 5.41) is 3.71. The molecule has 2 amide bonds. The topological polar surface area (TPSA) is 49.4 Å².